The molecule has 5 heterocycles. The lowest BCUT2D eigenvalue weighted by Crippen LogP contribution is -2.62. The Morgan fingerprint density at radius 3 is 2.29 bits per heavy atom. The number of likely N-dealkylation sites (N-methyl/N-ethyl adjacent to an activating group) is 1. The maximum atomic E-state index is 14.2. The molecule has 0 spiro atoms. The van der Waals surface area contributed by atoms with Crippen LogP contribution in [0.1, 0.15) is 131 Å². The van der Waals surface area contributed by atoms with Gasteiger partial charge in [0.2, 0.25) is 5.91 Å². The van der Waals surface area contributed by atoms with E-state index in [0.29, 0.717) is 44.5 Å². The topological polar surface area (TPSA) is 188 Å². The lowest BCUT2D eigenvalue weighted by Gasteiger charge is -2.46. The van der Waals surface area contributed by atoms with Gasteiger partial charge in [0.05, 0.1) is 46.3 Å². The van der Waals surface area contributed by atoms with E-state index in [9.17, 15) is 24.3 Å². The fraction of sp³-hybridized carbons (Fsp3) is 0.740. The molecule has 3 saturated heterocycles. The number of ether oxygens (including phenoxy) is 5. The number of carbonyl (C=O) groups excluding carboxylic acids is 4. The number of hydrogen-bond donors (Lipinski definition) is 1. The number of nitrogens with zero attached hydrogens (tertiary/aromatic N) is 7. The third-order valence-corrected chi connectivity index (χ3v) is 14.4. The van der Waals surface area contributed by atoms with Crippen LogP contribution in [0, 0.1) is 11.8 Å². The summed E-state index contributed by atoms with van der Waals surface area (Å²) in [7, 11) is 5.30. The normalized spacial score (nSPS) is 31.3. The maximum Gasteiger partial charge on any atom is 0.410 e. The zero-order chi connectivity index (χ0) is 46.0. The highest BCUT2D eigenvalue weighted by atomic mass is 32.1. The molecule has 0 saturated carbocycles. The molecule has 3 fully saturated rings. The van der Waals surface area contributed by atoms with Crippen molar-refractivity contribution in [3.63, 3.8) is 0 Å². The Morgan fingerprint density at radius 2 is 1.68 bits per heavy atom. The summed E-state index contributed by atoms with van der Waals surface area (Å²) in [5, 5.41) is 20.9. The van der Waals surface area contributed by atoms with Crippen LogP contribution in [0.5, 0.6) is 0 Å². The van der Waals surface area contributed by atoms with Crippen LogP contribution in [-0.4, -0.2) is 158 Å². The molecule has 6 rings (SSSR count). The van der Waals surface area contributed by atoms with Crippen molar-refractivity contribution in [3.8, 4) is 10.7 Å². The summed E-state index contributed by atoms with van der Waals surface area (Å²) < 4.78 is 34.2. The number of Topliss-reactive ketones (excluding diaryl/α,β-unsaturated/α-hetero) is 1. The van der Waals surface area contributed by atoms with Gasteiger partial charge in [-0.15, -0.1) is 16.4 Å². The van der Waals surface area contributed by atoms with E-state index in [1.165, 1.54) is 21.0 Å². The number of aromatic nitrogens is 4. The number of ketones is 1. The highest BCUT2D eigenvalue weighted by molar-refractivity contribution is 7.21. The summed E-state index contributed by atoms with van der Waals surface area (Å²) in [4.78, 5) is 66.0. The molecule has 12 atom stereocenters. The number of carbonyl (C=O) groups is 4. The minimum absolute atomic E-state index is 0. The first-order chi connectivity index (χ1) is 29.8. The molecule has 1 aromatic carbocycles. The van der Waals surface area contributed by atoms with Crippen LogP contribution in [0.25, 0.3) is 20.9 Å². The van der Waals surface area contributed by atoms with Gasteiger partial charge in [-0.3, -0.25) is 24.0 Å². The van der Waals surface area contributed by atoms with Gasteiger partial charge in [-0.2, -0.15) is 0 Å². The number of unbranched alkanes of at least 4 members (excludes halogenated alkanes) is 1. The first-order valence-corrected chi connectivity index (χ1v) is 23.1. The smallest absolute Gasteiger partial charge is 0.410 e. The molecule has 18 heteroatoms. The fourth-order valence-corrected chi connectivity index (χ4v) is 10.7. The number of para-hydroxylation sites is 1. The maximum absolute atomic E-state index is 14.2. The summed E-state index contributed by atoms with van der Waals surface area (Å²) in [5.74, 6) is -2.86. The summed E-state index contributed by atoms with van der Waals surface area (Å²) in [5.41, 5.74) is -0.931. The molecule has 3 unspecified atom stereocenters. The predicted molar refractivity (Wildman–Crippen MR) is 269 cm³/mol. The SMILES string of the molecule is C.C.C.C.C.CC[C@H]1OC(=O)[C@H](C)C(=O)C[C@@H](O[C@@H]2OC(C)CC(N(C)C)C2O)[C@](C)(OC)C[C@@H](C)CN(C(C)=O)[C@H](C)[C@H]2N(CCCCn3cc(-c4nc5ccccc5s4)nn3)C(=O)O[C@]12C. The van der Waals surface area contributed by atoms with Gasteiger partial charge in [0, 0.05) is 46.1 Å². The van der Waals surface area contributed by atoms with Gasteiger partial charge >= 0.3 is 12.1 Å². The third kappa shape index (κ3) is 13.2. The second kappa shape index (κ2) is 25.7. The summed E-state index contributed by atoms with van der Waals surface area (Å²) in [6.45, 7) is 15.3. The molecule has 388 valence electrons. The van der Waals surface area contributed by atoms with Crippen molar-refractivity contribution in [1.82, 2.24) is 34.7 Å². The van der Waals surface area contributed by atoms with E-state index in [1.807, 2.05) is 84.1 Å². The number of aryl methyl sites for hydroxylation is 1. The molecule has 3 aromatic rings. The number of thiazole rings is 1. The van der Waals surface area contributed by atoms with E-state index in [1.54, 1.807) is 32.7 Å². The fourth-order valence-electron chi connectivity index (χ4n) is 9.75. The largest absolute Gasteiger partial charge is 0.458 e. The van der Waals surface area contributed by atoms with Gasteiger partial charge < -0.3 is 38.6 Å². The van der Waals surface area contributed by atoms with Gasteiger partial charge in [0.15, 0.2) is 11.9 Å². The first-order valence-electron chi connectivity index (χ1n) is 22.3. The quantitative estimate of drug-likeness (QED) is 0.109. The van der Waals surface area contributed by atoms with Crippen LogP contribution in [0.2, 0.25) is 0 Å². The van der Waals surface area contributed by atoms with Gasteiger partial charge in [-0.1, -0.05) is 68.3 Å². The Hall–Kier alpha value is -4.07. The molecule has 0 bridgehead atoms. The molecule has 3 aliphatic heterocycles. The number of cyclic esters (lactones) is 1. The number of rotatable bonds is 11. The van der Waals surface area contributed by atoms with Crippen molar-refractivity contribution in [2.24, 2.45) is 11.8 Å². The molecule has 17 nitrogen and oxygen atoms in total. The van der Waals surface area contributed by atoms with E-state index < -0.39 is 71.7 Å². The number of esters is 1. The van der Waals surface area contributed by atoms with E-state index in [2.05, 4.69) is 10.3 Å². The van der Waals surface area contributed by atoms with Crippen LogP contribution >= 0.6 is 11.3 Å². The van der Waals surface area contributed by atoms with Crippen molar-refractivity contribution in [2.75, 3.05) is 34.3 Å². The predicted octanol–water partition coefficient (Wildman–Crippen LogP) is 8.51. The third-order valence-electron chi connectivity index (χ3n) is 13.4. The molecule has 1 N–H and O–H groups in total. The van der Waals surface area contributed by atoms with E-state index in [0.717, 1.165) is 15.2 Å². The average molecular weight is 978 g/mol. The van der Waals surface area contributed by atoms with Crippen LogP contribution in [0.4, 0.5) is 4.79 Å². The Balaban J connectivity index is 0.00000462. The molecule has 3 aliphatic rings. The van der Waals surface area contributed by atoms with Gasteiger partial charge in [0.1, 0.15) is 34.6 Å². The van der Waals surface area contributed by atoms with Gasteiger partial charge in [0.25, 0.3) is 0 Å². The molecule has 2 aromatic heterocycles. The lowest BCUT2D eigenvalue weighted by atomic mass is 9.82. The Bertz CT molecular complexity index is 2050. The molecule has 0 radical (unpaired) electrons. The van der Waals surface area contributed by atoms with Crippen LogP contribution in [0.15, 0.2) is 30.5 Å². The molecule has 0 aliphatic carbocycles. The number of methoxy groups -OCH3 is 1. The van der Waals surface area contributed by atoms with Gasteiger partial charge in [-0.05, 0) is 98.9 Å². The zero-order valence-electron chi connectivity index (χ0n) is 38.7. The van der Waals surface area contributed by atoms with Crippen LogP contribution in [-0.2, 0) is 44.6 Å². The number of fused-ring (bicyclic) bond motifs is 2. The number of benzene rings is 1. The van der Waals surface area contributed by atoms with Crippen molar-refractivity contribution in [2.45, 2.75) is 198 Å². The monoisotopic (exact) mass is 978 g/mol. The number of aliphatic hydroxyl groups is 1. The Labute approximate surface area is 411 Å². The molecular weight excluding hydrogens is 891 g/mol. The Morgan fingerprint density at radius 1 is 1.01 bits per heavy atom. The highest BCUT2D eigenvalue weighted by Gasteiger charge is 2.59. The van der Waals surface area contributed by atoms with E-state index in [-0.39, 0.29) is 80.5 Å². The number of hydrogen-bond acceptors (Lipinski definition) is 15. The molecule has 2 amide bonds. The zero-order valence-corrected chi connectivity index (χ0v) is 39.5. The van der Waals surface area contributed by atoms with Crippen molar-refractivity contribution < 1.29 is 48.0 Å². The second-order valence-corrected chi connectivity index (χ2v) is 19.4. The minimum atomic E-state index is -1.39. The van der Waals surface area contributed by atoms with Crippen LogP contribution < -0.4 is 0 Å². The summed E-state index contributed by atoms with van der Waals surface area (Å²) in [6.07, 6.45) is -0.810. The number of aliphatic hydroxyl groups excluding tert-OH is 1. The van der Waals surface area contributed by atoms with Crippen molar-refractivity contribution >= 4 is 45.3 Å². The van der Waals surface area contributed by atoms with E-state index >= 15 is 0 Å². The highest BCUT2D eigenvalue weighted by Crippen LogP contribution is 2.41. The van der Waals surface area contributed by atoms with Crippen molar-refractivity contribution in [3.05, 3.63) is 30.5 Å². The summed E-state index contributed by atoms with van der Waals surface area (Å²) in [6, 6.07) is 6.34. The number of amides is 2. The average Bonchev–Trinajstić information content (AvgIpc) is 3.96. The second-order valence-electron chi connectivity index (χ2n) is 18.4. The molecular formula is C50H87N7O10S. The lowest BCUT2D eigenvalue weighted by molar-refractivity contribution is -0.289. The van der Waals surface area contributed by atoms with Crippen LogP contribution in [0.3, 0.4) is 0 Å². The minimum Gasteiger partial charge on any atom is -0.458 e. The van der Waals surface area contributed by atoms with Gasteiger partial charge in [-0.25, -0.2) is 9.78 Å². The van der Waals surface area contributed by atoms with Crippen molar-refractivity contribution in [1.29, 1.82) is 0 Å². The Kier molecular flexibility index (Phi) is 23.4. The standard InChI is InChI=1S/C45H67N7O10S.5CH4/c1-12-36-45(8)39(51(43(57)62-45)20-16-15-19-50-25-32(47-48-50)40-46-31-17-13-14-18-35(31)63-40)29(5)52(30(6)53)24-26(2)23-44(7,58-11)37(22-34(54)28(4)41(56)60-36)61-42-38(55)33(49(9)10)21-27(3)59-42;;;;;/h13-14,17-18,25-29,33,36-39,42,55H,12,15-16,19-24H2,1-11H3;5*1H4/t26-,27?,28-,29-,33?,36-,37-,38?,39-,42+,44-,45-;;;;;/m1...../s1. The first kappa shape index (κ1) is 61.9. The molecule has 68 heavy (non-hydrogen) atoms. The van der Waals surface area contributed by atoms with E-state index in [4.69, 9.17) is 28.7 Å². The summed E-state index contributed by atoms with van der Waals surface area (Å²) >= 11 is 1.56.